The molecular formula is C24H25F2NO5. The number of fused-ring (bicyclic) bond motifs is 1. The first-order valence-corrected chi connectivity index (χ1v) is 10.7. The van der Waals surface area contributed by atoms with E-state index in [9.17, 15) is 29.2 Å². The predicted molar refractivity (Wildman–Crippen MR) is 112 cm³/mol. The lowest BCUT2D eigenvalue weighted by atomic mass is 9.98. The maximum Gasteiger partial charge on any atom is 0.163 e. The van der Waals surface area contributed by atoms with E-state index in [4.69, 9.17) is 4.74 Å². The topological polar surface area (TPSA) is 95.1 Å². The Bertz CT molecular complexity index is 1130. The smallest absolute Gasteiger partial charge is 0.163 e. The second-order valence-corrected chi connectivity index (χ2v) is 8.76. The van der Waals surface area contributed by atoms with Gasteiger partial charge in [-0.3, -0.25) is 0 Å². The molecule has 4 N–H and O–H groups in total. The first-order valence-electron chi connectivity index (χ1n) is 10.7. The van der Waals surface area contributed by atoms with Crippen molar-refractivity contribution in [2.24, 2.45) is 0 Å². The van der Waals surface area contributed by atoms with E-state index >= 15 is 0 Å². The van der Waals surface area contributed by atoms with Crippen LogP contribution in [0, 0.1) is 11.6 Å². The highest BCUT2D eigenvalue weighted by Crippen LogP contribution is 2.40. The molecule has 0 bridgehead atoms. The molecule has 6 nitrogen and oxygen atoms in total. The Morgan fingerprint density at radius 3 is 2.34 bits per heavy atom. The van der Waals surface area contributed by atoms with Gasteiger partial charge in [0.15, 0.2) is 6.23 Å². The molecule has 8 heteroatoms. The number of aliphatic hydroxyl groups excluding tert-OH is 4. The number of rotatable bonds is 5. The van der Waals surface area contributed by atoms with E-state index in [1.165, 1.54) is 23.0 Å². The lowest BCUT2D eigenvalue weighted by molar-refractivity contribution is -0.250. The van der Waals surface area contributed by atoms with Gasteiger partial charge in [0.1, 0.15) is 36.1 Å². The highest BCUT2D eigenvalue weighted by molar-refractivity contribution is 5.85. The zero-order chi connectivity index (χ0) is 22.6. The molecule has 5 atom stereocenters. The summed E-state index contributed by atoms with van der Waals surface area (Å²) in [7, 11) is 0. The van der Waals surface area contributed by atoms with E-state index in [1.807, 2.05) is 12.1 Å². The molecule has 0 amide bonds. The fourth-order valence-corrected chi connectivity index (χ4v) is 4.58. The van der Waals surface area contributed by atoms with Crippen LogP contribution in [0.3, 0.4) is 0 Å². The summed E-state index contributed by atoms with van der Waals surface area (Å²) in [6.45, 7) is -0.594. The average Bonchev–Trinajstić information content (AvgIpc) is 3.56. The molecule has 2 heterocycles. The van der Waals surface area contributed by atoms with Crippen molar-refractivity contribution in [1.82, 2.24) is 4.57 Å². The number of nitrogens with zero attached hydrogens (tertiary/aromatic N) is 1. The van der Waals surface area contributed by atoms with Crippen LogP contribution in [0.4, 0.5) is 8.78 Å². The van der Waals surface area contributed by atoms with Crippen molar-refractivity contribution in [3.05, 3.63) is 70.9 Å². The Morgan fingerprint density at radius 1 is 0.969 bits per heavy atom. The van der Waals surface area contributed by atoms with Crippen LogP contribution in [0.15, 0.2) is 42.6 Å². The summed E-state index contributed by atoms with van der Waals surface area (Å²) < 4.78 is 35.9. The SMILES string of the molecule is OCC1OC(n2cc(Cc3ccc(C4CC4)cc3)c3c(F)cc(F)cc32)[C@H](O)[C@@H](O)[C@@H]1O. The summed E-state index contributed by atoms with van der Waals surface area (Å²) >= 11 is 0. The monoisotopic (exact) mass is 445 g/mol. The Labute approximate surface area is 183 Å². The van der Waals surface area contributed by atoms with Crippen molar-refractivity contribution >= 4 is 10.9 Å². The average molecular weight is 445 g/mol. The summed E-state index contributed by atoms with van der Waals surface area (Å²) in [5, 5.41) is 40.5. The largest absolute Gasteiger partial charge is 0.394 e. The molecule has 1 aromatic heterocycles. The van der Waals surface area contributed by atoms with Crippen LogP contribution >= 0.6 is 0 Å². The minimum Gasteiger partial charge on any atom is -0.394 e. The first-order chi connectivity index (χ1) is 15.4. The van der Waals surface area contributed by atoms with Crippen LogP contribution in [0.5, 0.6) is 0 Å². The lowest BCUT2D eigenvalue weighted by Gasteiger charge is -2.40. The quantitative estimate of drug-likeness (QED) is 0.484. The van der Waals surface area contributed by atoms with Crippen LogP contribution in [-0.4, -0.2) is 56.0 Å². The Hall–Kier alpha value is -2.36. The third-order valence-corrected chi connectivity index (χ3v) is 6.49. The molecule has 1 aliphatic heterocycles. The van der Waals surface area contributed by atoms with Crippen LogP contribution in [0.2, 0.25) is 0 Å². The molecule has 0 spiro atoms. The van der Waals surface area contributed by atoms with Gasteiger partial charge in [-0.15, -0.1) is 0 Å². The highest BCUT2D eigenvalue weighted by Gasteiger charge is 2.44. The van der Waals surface area contributed by atoms with E-state index in [0.717, 1.165) is 17.7 Å². The number of hydrogen-bond donors (Lipinski definition) is 4. The zero-order valence-corrected chi connectivity index (χ0v) is 17.2. The van der Waals surface area contributed by atoms with Gasteiger partial charge in [0.25, 0.3) is 0 Å². The van der Waals surface area contributed by atoms with Gasteiger partial charge < -0.3 is 29.7 Å². The van der Waals surface area contributed by atoms with Gasteiger partial charge in [0.2, 0.25) is 0 Å². The second-order valence-electron chi connectivity index (χ2n) is 8.76. The van der Waals surface area contributed by atoms with E-state index in [0.29, 0.717) is 17.9 Å². The standard InChI is InChI=1S/C24H25F2NO5/c25-16-8-17(26)20-15(7-12-1-3-13(4-2-12)14-5-6-14)10-27(18(20)9-16)24-23(31)22(30)21(29)19(11-28)32-24/h1-4,8-10,14,19,21-24,28-31H,5-7,11H2/t19?,21-,22+,23-,24?/m1/s1. The minimum absolute atomic E-state index is 0.149. The molecule has 2 aromatic carbocycles. The molecule has 5 rings (SSSR count). The number of aliphatic hydroxyl groups is 4. The fraction of sp³-hybridized carbons (Fsp3) is 0.417. The summed E-state index contributed by atoms with van der Waals surface area (Å²) in [4.78, 5) is 0. The van der Waals surface area contributed by atoms with Crippen molar-refractivity contribution in [3.8, 4) is 0 Å². The fourth-order valence-electron chi connectivity index (χ4n) is 4.58. The molecule has 1 saturated heterocycles. The molecule has 2 unspecified atom stereocenters. The lowest BCUT2D eigenvalue weighted by Crippen LogP contribution is -2.56. The molecule has 0 radical (unpaired) electrons. The van der Waals surface area contributed by atoms with Gasteiger partial charge in [0, 0.05) is 17.6 Å². The highest BCUT2D eigenvalue weighted by atomic mass is 19.1. The maximum atomic E-state index is 14.9. The van der Waals surface area contributed by atoms with E-state index in [-0.39, 0.29) is 10.9 Å². The van der Waals surface area contributed by atoms with Gasteiger partial charge in [-0.25, -0.2) is 8.78 Å². The molecule has 2 fully saturated rings. The number of halogens is 2. The van der Waals surface area contributed by atoms with Gasteiger partial charge in [-0.1, -0.05) is 24.3 Å². The van der Waals surface area contributed by atoms with Crippen LogP contribution in [0.25, 0.3) is 10.9 Å². The van der Waals surface area contributed by atoms with Gasteiger partial charge >= 0.3 is 0 Å². The Balaban J connectivity index is 1.56. The number of ether oxygens (including phenoxy) is 1. The van der Waals surface area contributed by atoms with E-state index < -0.39 is 48.9 Å². The summed E-state index contributed by atoms with van der Waals surface area (Å²) in [5.41, 5.74) is 2.95. The molecular weight excluding hydrogens is 420 g/mol. The van der Waals surface area contributed by atoms with Crippen LogP contribution < -0.4 is 0 Å². The van der Waals surface area contributed by atoms with Crippen molar-refractivity contribution in [2.75, 3.05) is 6.61 Å². The Morgan fingerprint density at radius 2 is 1.69 bits per heavy atom. The minimum atomic E-state index is -1.60. The van der Waals surface area contributed by atoms with E-state index in [2.05, 4.69) is 12.1 Å². The zero-order valence-electron chi connectivity index (χ0n) is 17.2. The van der Waals surface area contributed by atoms with Crippen molar-refractivity contribution in [1.29, 1.82) is 0 Å². The third-order valence-electron chi connectivity index (χ3n) is 6.49. The van der Waals surface area contributed by atoms with Gasteiger partial charge in [-0.2, -0.15) is 0 Å². The summed E-state index contributed by atoms with van der Waals surface area (Å²) in [5.74, 6) is -0.912. The first kappa shape index (κ1) is 21.5. The third kappa shape index (κ3) is 3.72. The van der Waals surface area contributed by atoms with Gasteiger partial charge in [-0.05, 0) is 47.9 Å². The maximum absolute atomic E-state index is 14.9. The van der Waals surface area contributed by atoms with E-state index in [1.54, 1.807) is 6.20 Å². The number of aromatic nitrogens is 1. The molecule has 32 heavy (non-hydrogen) atoms. The Kier molecular flexibility index (Phi) is 5.51. The molecule has 170 valence electrons. The normalized spacial score (nSPS) is 28.4. The van der Waals surface area contributed by atoms with Crippen molar-refractivity contribution < 1.29 is 33.9 Å². The predicted octanol–water partition coefficient (Wildman–Crippen LogP) is 2.36. The summed E-state index contributed by atoms with van der Waals surface area (Å²) in [6.07, 6.45) is -2.74. The number of benzene rings is 2. The van der Waals surface area contributed by atoms with Gasteiger partial charge in [0.05, 0.1) is 12.1 Å². The molecule has 1 saturated carbocycles. The molecule has 3 aromatic rings. The van der Waals surface area contributed by atoms with Crippen LogP contribution in [-0.2, 0) is 11.2 Å². The summed E-state index contributed by atoms with van der Waals surface area (Å²) in [6, 6.07) is 10.1. The van der Waals surface area contributed by atoms with Crippen molar-refractivity contribution in [3.63, 3.8) is 0 Å². The second kappa shape index (κ2) is 8.20. The van der Waals surface area contributed by atoms with Crippen LogP contribution in [0.1, 0.15) is 41.7 Å². The number of hydrogen-bond acceptors (Lipinski definition) is 5. The molecule has 2 aliphatic rings. The van der Waals surface area contributed by atoms with Crippen molar-refractivity contribution in [2.45, 2.75) is 55.8 Å². The molecule has 1 aliphatic carbocycles.